The van der Waals surface area contributed by atoms with Gasteiger partial charge in [-0.3, -0.25) is 5.32 Å². The van der Waals surface area contributed by atoms with E-state index in [2.05, 4.69) is 30.4 Å². The van der Waals surface area contributed by atoms with Crippen molar-refractivity contribution in [2.24, 2.45) is 0 Å². The van der Waals surface area contributed by atoms with E-state index in [1.54, 1.807) is 12.1 Å². The summed E-state index contributed by atoms with van der Waals surface area (Å²) in [6.07, 6.45) is 2.95. The number of hydrogen-bond donors (Lipinski definition) is 1. The quantitative estimate of drug-likeness (QED) is 0.589. The maximum atomic E-state index is 5.21. The van der Waals surface area contributed by atoms with Crippen molar-refractivity contribution in [1.29, 1.82) is 0 Å². The largest absolute Gasteiger partial charge is 0.459 e. The molecular weight excluding hydrogens is 322 g/mol. The second-order valence-electron chi connectivity index (χ2n) is 5.03. The van der Waals surface area contributed by atoms with E-state index in [1.807, 2.05) is 42.3 Å². The summed E-state index contributed by atoms with van der Waals surface area (Å²) < 4.78 is 10.3. The Balaban J connectivity index is 1.54. The van der Waals surface area contributed by atoms with Crippen LogP contribution in [0.3, 0.4) is 0 Å². The third kappa shape index (κ3) is 3.15. The fourth-order valence-corrected chi connectivity index (χ4v) is 2.15. The SMILES string of the molecule is CN(c1ccccc1)c1ncnc(Nc2noc(-c3ccco3)n2)n1. The van der Waals surface area contributed by atoms with Crippen LogP contribution in [-0.2, 0) is 0 Å². The van der Waals surface area contributed by atoms with Gasteiger partial charge in [0.1, 0.15) is 6.33 Å². The maximum absolute atomic E-state index is 5.21. The summed E-state index contributed by atoms with van der Waals surface area (Å²) in [6, 6.07) is 13.2. The fraction of sp³-hybridized carbons (Fsp3) is 0.0625. The second kappa shape index (κ2) is 6.40. The number of hydrogen-bond acceptors (Lipinski definition) is 9. The molecule has 0 radical (unpaired) electrons. The molecule has 0 amide bonds. The zero-order valence-corrected chi connectivity index (χ0v) is 13.2. The number of para-hydroxylation sites is 1. The zero-order chi connectivity index (χ0) is 17.1. The first-order valence-electron chi connectivity index (χ1n) is 7.42. The van der Waals surface area contributed by atoms with Crippen LogP contribution in [0.15, 0.2) is 64.0 Å². The maximum Gasteiger partial charge on any atom is 0.295 e. The molecule has 0 saturated heterocycles. The van der Waals surface area contributed by atoms with Gasteiger partial charge in [0.25, 0.3) is 11.8 Å². The first-order valence-corrected chi connectivity index (χ1v) is 7.42. The van der Waals surface area contributed by atoms with E-state index < -0.39 is 0 Å². The normalized spacial score (nSPS) is 10.6. The average molecular weight is 335 g/mol. The predicted octanol–water partition coefficient (Wildman–Crippen LogP) is 3.03. The first kappa shape index (κ1) is 14.8. The smallest absolute Gasteiger partial charge is 0.295 e. The Morgan fingerprint density at radius 3 is 2.64 bits per heavy atom. The fourth-order valence-electron chi connectivity index (χ4n) is 2.15. The lowest BCUT2D eigenvalue weighted by molar-refractivity contribution is 0.417. The lowest BCUT2D eigenvalue weighted by Crippen LogP contribution is -2.14. The average Bonchev–Trinajstić information content (AvgIpc) is 3.34. The highest BCUT2D eigenvalue weighted by molar-refractivity contribution is 5.57. The van der Waals surface area contributed by atoms with Gasteiger partial charge in [-0.05, 0) is 29.4 Å². The molecule has 3 heterocycles. The topological polar surface area (TPSA) is 106 Å². The van der Waals surface area contributed by atoms with Gasteiger partial charge in [0.15, 0.2) is 5.76 Å². The van der Waals surface area contributed by atoms with Crippen molar-refractivity contribution in [3.63, 3.8) is 0 Å². The lowest BCUT2D eigenvalue weighted by Gasteiger charge is -2.16. The van der Waals surface area contributed by atoms with Crippen molar-refractivity contribution in [3.8, 4) is 11.7 Å². The Labute approximate surface area is 142 Å². The van der Waals surface area contributed by atoms with Gasteiger partial charge in [-0.1, -0.05) is 18.2 Å². The minimum absolute atomic E-state index is 0.228. The molecular formula is C16H13N7O2. The Hall–Kier alpha value is -3.75. The second-order valence-corrected chi connectivity index (χ2v) is 5.03. The summed E-state index contributed by atoms with van der Waals surface area (Å²) in [4.78, 5) is 18.7. The van der Waals surface area contributed by atoms with Crippen LogP contribution in [0.5, 0.6) is 0 Å². The van der Waals surface area contributed by atoms with Gasteiger partial charge in [-0.2, -0.15) is 9.97 Å². The molecule has 0 bridgehead atoms. The number of anilines is 4. The lowest BCUT2D eigenvalue weighted by atomic mass is 10.3. The molecule has 0 unspecified atom stereocenters. The number of rotatable bonds is 5. The van der Waals surface area contributed by atoms with Gasteiger partial charge < -0.3 is 13.8 Å². The highest BCUT2D eigenvalue weighted by Gasteiger charge is 2.13. The number of aromatic nitrogens is 5. The molecule has 0 fully saturated rings. The van der Waals surface area contributed by atoms with Crippen LogP contribution < -0.4 is 10.2 Å². The number of nitrogens with zero attached hydrogens (tertiary/aromatic N) is 6. The standard InChI is InChI=1S/C16H13N7O2/c1-23(11-6-3-2-4-7-11)16-18-10-17-14(21-16)20-15-19-13(25-22-15)12-8-5-9-24-12/h2-10H,1H3,(H,17,18,20,21,22). The van der Waals surface area contributed by atoms with Crippen LogP contribution in [0.25, 0.3) is 11.7 Å². The highest BCUT2D eigenvalue weighted by Crippen LogP contribution is 2.22. The van der Waals surface area contributed by atoms with Crippen LogP contribution in [0.1, 0.15) is 0 Å². The molecule has 9 heteroatoms. The summed E-state index contributed by atoms with van der Waals surface area (Å²) in [6.45, 7) is 0. The Bertz CT molecular complexity index is 954. The summed E-state index contributed by atoms with van der Waals surface area (Å²) in [5, 5.41) is 6.72. The minimum atomic E-state index is 0.228. The number of benzene rings is 1. The first-order chi connectivity index (χ1) is 12.3. The van der Waals surface area contributed by atoms with Crippen LogP contribution >= 0.6 is 0 Å². The molecule has 4 rings (SSSR count). The molecule has 1 aromatic carbocycles. The van der Waals surface area contributed by atoms with Gasteiger partial charge in [0.2, 0.25) is 11.9 Å². The third-order valence-corrected chi connectivity index (χ3v) is 3.38. The van der Waals surface area contributed by atoms with Crippen LogP contribution in [0.2, 0.25) is 0 Å². The Kier molecular flexibility index (Phi) is 3.79. The van der Waals surface area contributed by atoms with Crippen molar-refractivity contribution < 1.29 is 8.94 Å². The van der Waals surface area contributed by atoms with Gasteiger partial charge in [0.05, 0.1) is 6.26 Å². The van der Waals surface area contributed by atoms with Gasteiger partial charge in [-0.25, -0.2) is 9.97 Å². The summed E-state index contributed by atoms with van der Waals surface area (Å²) >= 11 is 0. The number of nitrogens with one attached hydrogen (secondary N) is 1. The van der Waals surface area contributed by atoms with Crippen molar-refractivity contribution in [3.05, 3.63) is 55.1 Å². The van der Waals surface area contributed by atoms with Crippen molar-refractivity contribution in [1.82, 2.24) is 25.1 Å². The molecule has 9 nitrogen and oxygen atoms in total. The predicted molar refractivity (Wildman–Crippen MR) is 89.6 cm³/mol. The molecule has 0 aliphatic rings. The summed E-state index contributed by atoms with van der Waals surface area (Å²) in [7, 11) is 1.87. The van der Waals surface area contributed by atoms with Gasteiger partial charge in [0, 0.05) is 12.7 Å². The van der Waals surface area contributed by atoms with E-state index >= 15 is 0 Å². The Morgan fingerprint density at radius 1 is 0.960 bits per heavy atom. The van der Waals surface area contributed by atoms with Gasteiger partial charge in [-0.15, -0.1) is 0 Å². The van der Waals surface area contributed by atoms with Crippen LogP contribution in [0, 0.1) is 0 Å². The molecule has 0 spiro atoms. The molecule has 0 aliphatic carbocycles. The number of furan rings is 1. The van der Waals surface area contributed by atoms with Gasteiger partial charge >= 0.3 is 0 Å². The molecule has 124 valence electrons. The van der Waals surface area contributed by atoms with Crippen LogP contribution in [0.4, 0.5) is 23.5 Å². The van der Waals surface area contributed by atoms with E-state index in [0.29, 0.717) is 17.7 Å². The van der Waals surface area contributed by atoms with E-state index in [0.717, 1.165) is 5.69 Å². The monoisotopic (exact) mass is 335 g/mol. The minimum Gasteiger partial charge on any atom is -0.459 e. The van der Waals surface area contributed by atoms with Crippen molar-refractivity contribution in [2.45, 2.75) is 0 Å². The van der Waals surface area contributed by atoms with E-state index in [-0.39, 0.29) is 11.8 Å². The Morgan fingerprint density at radius 2 is 1.84 bits per heavy atom. The van der Waals surface area contributed by atoms with E-state index in [9.17, 15) is 0 Å². The molecule has 4 aromatic rings. The summed E-state index contributed by atoms with van der Waals surface area (Å²) in [5.41, 5.74) is 0.958. The van der Waals surface area contributed by atoms with Crippen LogP contribution in [-0.4, -0.2) is 32.1 Å². The molecule has 1 N–H and O–H groups in total. The van der Waals surface area contributed by atoms with Crippen molar-refractivity contribution in [2.75, 3.05) is 17.3 Å². The van der Waals surface area contributed by atoms with Crippen molar-refractivity contribution >= 4 is 23.5 Å². The third-order valence-electron chi connectivity index (χ3n) is 3.38. The highest BCUT2D eigenvalue weighted by atomic mass is 16.5. The summed E-state index contributed by atoms with van der Waals surface area (Å²) in [5.74, 6) is 1.77. The zero-order valence-electron chi connectivity index (χ0n) is 13.2. The molecule has 0 saturated carbocycles. The van der Waals surface area contributed by atoms with E-state index in [1.165, 1.54) is 12.6 Å². The molecule has 25 heavy (non-hydrogen) atoms. The molecule has 0 atom stereocenters. The van der Waals surface area contributed by atoms with E-state index in [4.69, 9.17) is 8.94 Å². The molecule has 3 aromatic heterocycles. The molecule has 0 aliphatic heterocycles.